The average molecular weight is 260 g/mol. The van der Waals surface area contributed by atoms with Gasteiger partial charge in [0, 0.05) is 12.1 Å². The molecule has 102 valence electrons. The minimum atomic E-state index is -0.543. The first-order valence-corrected chi connectivity index (χ1v) is 6.40. The first-order valence-electron chi connectivity index (χ1n) is 6.40. The maximum Gasteiger partial charge on any atom is 0.251 e. The molecule has 2 N–H and O–H groups in total. The van der Waals surface area contributed by atoms with Crippen molar-refractivity contribution in [1.82, 2.24) is 10.6 Å². The Bertz CT molecular complexity index is 441. The number of rotatable bonds is 6. The van der Waals surface area contributed by atoms with E-state index in [-0.39, 0.29) is 11.8 Å². The van der Waals surface area contributed by atoms with Gasteiger partial charge < -0.3 is 10.6 Å². The SMILES string of the molecule is C/C=C/CCNC(=O)C(C)NC(=O)c1ccccc1. The third-order valence-corrected chi connectivity index (χ3v) is 2.62. The Kier molecular flexibility index (Phi) is 6.36. The fourth-order valence-electron chi connectivity index (χ4n) is 1.53. The van der Waals surface area contributed by atoms with Crippen molar-refractivity contribution in [1.29, 1.82) is 0 Å². The quantitative estimate of drug-likeness (QED) is 0.606. The van der Waals surface area contributed by atoms with Gasteiger partial charge in [-0.25, -0.2) is 0 Å². The highest BCUT2D eigenvalue weighted by molar-refractivity contribution is 5.97. The van der Waals surface area contributed by atoms with Crippen LogP contribution in [0.4, 0.5) is 0 Å². The van der Waals surface area contributed by atoms with E-state index in [2.05, 4.69) is 10.6 Å². The summed E-state index contributed by atoms with van der Waals surface area (Å²) in [6.45, 7) is 4.19. The van der Waals surface area contributed by atoms with Crippen molar-refractivity contribution in [2.75, 3.05) is 6.54 Å². The molecule has 0 aliphatic carbocycles. The van der Waals surface area contributed by atoms with E-state index in [9.17, 15) is 9.59 Å². The number of benzene rings is 1. The lowest BCUT2D eigenvalue weighted by atomic mass is 10.2. The van der Waals surface area contributed by atoms with Gasteiger partial charge in [-0.05, 0) is 32.4 Å². The van der Waals surface area contributed by atoms with Crippen LogP contribution in [0.5, 0.6) is 0 Å². The Morgan fingerprint density at radius 2 is 1.95 bits per heavy atom. The van der Waals surface area contributed by atoms with Crippen molar-refractivity contribution in [3.8, 4) is 0 Å². The molecule has 19 heavy (non-hydrogen) atoms. The molecule has 1 aromatic rings. The van der Waals surface area contributed by atoms with Crippen LogP contribution < -0.4 is 10.6 Å². The highest BCUT2D eigenvalue weighted by atomic mass is 16.2. The summed E-state index contributed by atoms with van der Waals surface area (Å²) in [6.07, 6.45) is 4.71. The number of hydrogen-bond donors (Lipinski definition) is 2. The number of carbonyl (C=O) groups excluding carboxylic acids is 2. The van der Waals surface area contributed by atoms with E-state index >= 15 is 0 Å². The standard InChI is InChI=1S/C15H20N2O2/c1-3-4-8-11-16-14(18)12(2)17-15(19)13-9-6-5-7-10-13/h3-7,9-10,12H,8,11H2,1-2H3,(H,16,18)(H,17,19)/b4-3+. The molecule has 1 unspecified atom stereocenters. The van der Waals surface area contributed by atoms with Crippen LogP contribution in [0, 0.1) is 0 Å². The number of nitrogens with one attached hydrogen (secondary N) is 2. The Morgan fingerprint density at radius 3 is 2.58 bits per heavy atom. The van der Waals surface area contributed by atoms with Crippen molar-refractivity contribution in [3.63, 3.8) is 0 Å². The molecule has 0 saturated heterocycles. The van der Waals surface area contributed by atoms with Gasteiger partial charge in [0.2, 0.25) is 5.91 Å². The average Bonchev–Trinajstić information content (AvgIpc) is 2.44. The largest absolute Gasteiger partial charge is 0.354 e. The van der Waals surface area contributed by atoms with Gasteiger partial charge in [0.05, 0.1) is 0 Å². The molecule has 0 radical (unpaired) electrons. The summed E-state index contributed by atoms with van der Waals surface area (Å²) in [7, 11) is 0. The molecule has 0 aliphatic heterocycles. The lowest BCUT2D eigenvalue weighted by molar-refractivity contribution is -0.122. The first-order chi connectivity index (χ1) is 9.15. The lowest BCUT2D eigenvalue weighted by Gasteiger charge is -2.13. The molecule has 2 amide bonds. The molecule has 0 aliphatic rings. The molecule has 0 heterocycles. The summed E-state index contributed by atoms with van der Waals surface area (Å²) in [5, 5.41) is 5.44. The molecule has 0 saturated carbocycles. The molecule has 0 spiro atoms. The van der Waals surface area contributed by atoms with E-state index in [1.807, 2.05) is 25.1 Å². The van der Waals surface area contributed by atoms with Crippen LogP contribution in [0.3, 0.4) is 0 Å². The minimum Gasteiger partial charge on any atom is -0.354 e. The topological polar surface area (TPSA) is 58.2 Å². The monoisotopic (exact) mass is 260 g/mol. The molecule has 0 bridgehead atoms. The van der Waals surface area contributed by atoms with Crippen LogP contribution in [0.15, 0.2) is 42.5 Å². The summed E-state index contributed by atoms with van der Waals surface area (Å²) in [4.78, 5) is 23.6. The molecule has 4 nitrogen and oxygen atoms in total. The molecule has 4 heteroatoms. The van der Waals surface area contributed by atoms with Crippen molar-refractivity contribution in [3.05, 3.63) is 48.0 Å². The van der Waals surface area contributed by atoms with Crippen molar-refractivity contribution in [2.24, 2.45) is 0 Å². The second-order valence-electron chi connectivity index (χ2n) is 4.21. The van der Waals surface area contributed by atoms with Crippen molar-refractivity contribution < 1.29 is 9.59 Å². The highest BCUT2D eigenvalue weighted by Crippen LogP contribution is 1.98. The highest BCUT2D eigenvalue weighted by Gasteiger charge is 2.15. The number of allylic oxidation sites excluding steroid dienone is 1. The van der Waals surface area contributed by atoms with Gasteiger partial charge in [-0.15, -0.1) is 0 Å². The van der Waals surface area contributed by atoms with E-state index in [1.165, 1.54) is 0 Å². The van der Waals surface area contributed by atoms with E-state index in [0.717, 1.165) is 6.42 Å². The summed E-state index contributed by atoms with van der Waals surface area (Å²) >= 11 is 0. The Balaban J connectivity index is 2.39. The zero-order valence-corrected chi connectivity index (χ0v) is 11.3. The Hall–Kier alpha value is -2.10. The zero-order valence-electron chi connectivity index (χ0n) is 11.3. The van der Waals surface area contributed by atoms with Crippen LogP contribution >= 0.6 is 0 Å². The molecule has 1 atom stereocenters. The number of carbonyl (C=O) groups is 2. The maximum absolute atomic E-state index is 11.8. The van der Waals surface area contributed by atoms with Crippen molar-refractivity contribution in [2.45, 2.75) is 26.3 Å². The third-order valence-electron chi connectivity index (χ3n) is 2.62. The predicted octanol–water partition coefficient (Wildman–Crippen LogP) is 1.89. The van der Waals surface area contributed by atoms with Crippen LogP contribution in [0.25, 0.3) is 0 Å². The van der Waals surface area contributed by atoms with Crippen LogP contribution in [0.1, 0.15) is 30.6 Å². The fraction of sp³-hybridized carbons (Fsp3) is 0.333. The van der Waals surface area contributed by atoms with Gasteiger partial charge in [-0.1, -0.05) is 30.4 Å². The van der Waals surface area contributed by atoms with Gasteiger partial charge in [-0.3, -0.25) is 9.59 Å². The van der Waals surface area contributed by atoms with E-state index in [4.69, 9.17) is 0 Å². The van der Waals surface area contributed by atoms with Crippen molar-refractivity contribution >= 4 is 11.8 Å². The summed E-state index contributed by atoms with van der Waals surface area (Å²) in [5.74, 6) is -0.412. The molecule has 1 rings (SSSR count). The minimum absolute atomic E-state index is 0.172. The number of hydrogen-bond acceptors (Lipinski definition) is 2. The van der Waals surface area contributed by atoms with E-state index in [1.54, 1.807) is 31.2 Å². The molecule has 0 fully saturated rings. The predicted molar refractivity (Wildman–Crippen MR) is 75.8 cm³/mol. The van der Waals surface area contributed by atoms with Gasteiger partial charge in [0.15, 0.2) is 0 Å². The normalized spacial score (nSPS) is 12.1. The molecular formula is C15H20N2O2. The Labute approximate surface area is 113 Å². The second kappa shape index (κ2) is 8.08. The smallest absolute Gasteiger partial charge is 0.251 e. The first kappa shape index (κ1) is 15.0. The fourth-order valence-corrected chi connectivity index (χ4v) is 1.53. The second-order valence-corrected chi connectivity index (χ2v) is 4.21. The van der Waals surface area contributed by atoms with E-state index in [0.29, 0.717) is 12.1 Å². The third kappa shape index (κ3) is 5.38. The zero-order chi connectivity index (χ0) is 14.1. The van der Waals surface area contributed by atoms with Crippen LogP contribution in [-0.2, 0) is 4.79 Å². The molecule has 1 aromatic carbocycles. The van der Waals surface area contributed by atoms with Gasteiger partial charge in [-0.2, -0.15) is 0 Å². The van der Waals surface area contributed by atoms with E-state index < -0.39 is 6.04 Å². The van der Waals surface area contributed by atoms with Crippen LogP contribution in [0.2, 0.25) is 0 Å². The lowest BCUT2D eigenvalue weighted by Crippen LogP contribution is -2.45. The maximum atomic E-state index is 11.8. The summed E-state index contributed by atoms with van der Waals surface area (Å²) < 4.78 is 0. The summed E-state index contributed by atoms with van der Waals surface area (Å²) in [6, 6.07) is 8.30. The summed E-state index contributed by atoms with van der Waals surface area (Å²) in [5.41, 5.74) is 0.552. The number of amides is 2. The van der Waals surface area contributed by atoms with Gasteiger partial charge >= 0.3 is 0 Å². The molecule has 0 aromatic heterocycles. The Morgan fingerprint density at radius 1 is 1.26 bits per heavy atom. The van der Waals surface area contributed by atoms with Crippen LogP contribution in [-0.4, -0.2) is 24.4 Å². The molecular weight excluding hydrogens is 240 g/mol. The van der Waals surface area contributed by atoms with Gasteiger partial charge in [0.1, 0.15) is 6.04 Å². The van der Waals surface area contributed by atoms with Gasteiger partial charge in [0.25, 0.3) is 5.91 Å².